The van der Waals surface area contributed by atoms with Gasteiger partial charge in [-0.1, -0.05) is 24.8 Å². The molecule has 1 saturated heterocycles. The minimum atomic E-state index is -5.81. The second-order valence-corrected chi connectivity index (χ2v) is 17.2. The number of nitrogens with two attached hydrogens (primary N) is 1. The Balaban J connectivity index is 1.34. The number of imidazole rings is 1. The molecule has 19 nitrogen and oxygen atoms in total. The molecule has 3 heterocycles. The van der Waals surface area contributed by atoms with Crippen LogP contribution in [0, 0.1) is 0 Å². The zero-order chi connectivity index (χ0) is 39.5. The van der Waals surface area contributed by atoms with E-state index in [0.717, 1.165) is 30.7 Å². The molecule has 4 aromatic rings. The zero-order valence-electron chi connectivity index (χ0n) is 27.9. The quantitative estimate of drug-likeness (QED) is 0.0553. The van der Waals surface area contributed by atoms with E-state index < -0.39 is 71.4 Å². The van der Waals surface area contributed by atoms with E-state index in [9.17, 15) is 46.3 Å². The molecule has 1 amide bonds. The number of amides is 1. The van der Waals surface area contributed by atoms with Crippen LogP contribution < -0.4 is 21.1 Å². The highest BCUT2D eigenvalue weighted by atomic mass is 32.2. The van der Waals surface area contributed by atoms with Crippen LogP contribution in [0.2, 0.25) is 0 Å². The lowest BCUT2D eigenvalue weighted by atomic mass is 10.2. The predicted molar refractivity (Wildman–Crippen MR) is 185 cm³/mol. The number of aromatic nitrogens is 4. The number of halogens is 3. The molecule has 0 spiro atoms. The third-order valence-electron chi connectivity index (χ3n) is 7.27. The Labute approximate surface area is 308 Å². The second-order valence-electron chi connectivity index (χ2n) is 11.2. The number of carbonyl (C=O) groups excluding carboxylic acids is 1. The zero-order valence-corrected chi connectivity index (χ0v) is 31.4. The normalized spacial score (nSPS) is 20.9. The summed E-state index contributed by atoms with van der Waals surface area (Å²) in [6.07, 6.45) is -7.97. The van der Waals surface area contributed by atoms with Gasteiger partial charge in [0.25, 0.3) is 0 Å². The van der Waals surface area contributed by atoms with Gasteiger partial charge in [0.15, 0.2) is 16.6 Å². The fraction of sp³-hybridized carbons (Fsp3) is 0.357. The maximum Gasteiger partial charge on any atom is 0.488 e. The number of benzene rings is 2. The number of nitrogens with one attached hydrogen (secondary N) is 1. The van der Waals surface area contributed by atoms with Crippen molar-refractivity contribution in [2.75, 3.05) is 30.5 Å². The Morgan fingerprint density at radius 1 is 1.09 bits per heavy atom. The van der Waals surface area contributed by atoms with Crippen LogP contribution in [0.4, 0.5) is 29.5 Å². The highest BCUT2D eigenvalue weighted by Gasteiger charge is 2.45. The number of nitrogens with zero attached hydrogens (tertiary/aromatic N) is 4. The van der Waals surface area contributed by atoms with Crippen molar-refractivity contribution in [3.63, 3.8) is 0 Å². The van der Waals surface area contributed by atoms with Gasteiger partial charge in [-0.3, -0.25) is 19.0 Å². The number of thioether (sulfide) groups is 1. The third-order valence-corrected chi connectivity index (χ3v) is 13.1. The lowest BCUT2D eigenvalue weighted by Gasteiger charge is -2.22. The van der Waals surface area contributed by atoms with Crippen LogP contribution in [-0.4, -0.2) is 72.0 Å². The number of ether oxygens (including phenoxy) is 3. The van der Waals surface area contributed by atoms with Crippen molar-refractivity contribution >= 4 is 69.1 Å². The molecule has 1 fully saturated rings. The smallest absolute Gasteiger partial charge is 0.488 e. The van der Waals surface area contributed by atoms with Gasteiger partial charge >= 0.3 is 35.5 Å². The average Bonchev–Trinajstić information content (AvgIpc) is 3.69. The Bertz CT molecular complexity index is 2130. The van der Waals surface area contributed by atoms with Gasteiger partial charge in [-0.15, -0.1) is 0 Å². The van der Waals surface area contributed by atoms with Crippen molar-refractivity contribution in [2.24, 2.45) is 0 Å². The summed E-state index contributed by atoms with van der Waals surface area (Å²) in [6.45, 7) is 0.968. The maximum absolute atomic E-state index is 13.2. The number of hydrogen-bond donors (Lipinski definition) is 5. The standard InChI is InChI=1S/C28H32F3N6O13P3S/c1-3-11-54-26-35-24(32)23-25(36-26)37(15-33-23)22-13-20(48-27(38)34-17-6-4-5-16(12-17)28(29,30)31)21(47-22)14-46-52(41,42)50-53(43,44)49-51(39,40)19-9-7-18(45-2)8-10-19/h4-10,12,15,20-22H,3,11,13-14H2,1-2H3,(H,34,38)(H,39,40)(H,41,42)(H,43,44)(H2,32,35,36). The van der Waals surface area contributed by atoms with E-state index >= 15 is 0 Å². The molecule has 2 aromatic heterocycles. The Morgan fingerprint density at radius 2 is 1.81 bits per heavy atom. The van der Waals surface area contributed by atoms with E-state index in [2.05, 4.69) is 28.9 Å². The first-order valence-electron chi connectivity index (χ1n) is 15.4. The summed E-state index contributed by atoms with van der Waals surface area (Å²) in [5, 5.41) is 2.01. The maximum atomic E-state index is 13.2. The molecule has 0 aliphatic carbocycles. The Morgan fingerprint density at radius 3 is 2.48 bits per heavy atom. The van der Waals surface area contributed by atoms with Gasteiger partial charge in [-0.05, 0) is 48.9 Å². The van der Waals surface area contributed by atoms with Crippen LogP contribution in [0.1, 0.15) is 31.6 Å². The number of alkyl halides is 3. The molecule has 54 heavy (non-hydrogen) atoms. The van der Waals surface area contributed by atoms with Crippen LogP contribution in [0.25, 0.3) is 11.2 Å². The molecule has 5 rings (SSSR count). The monoisotopic (exact) mass is 842 g/mol. The molecule has 6 N–H and O–H groups in total. The number of hydrogen-bond acceptors (Lipinski definition) is 15. The number of rotatable bonds is 15. The Hall–Kier alpha value is -3.59. The van der Waals surface area contributed by atoms with Crippen molar-refractivity contribution in [2.45, 2.75) is 49.5 Å². The van der Waals surface area contributed by atoms with E-state index in [0.29, 0.717) is 17.0 Å². The number of phosphoric ester groups is 1. The molecular formula is C28H32F3N6O13P3S. The molecule has 1 aliphatic heterocycles. The van der Waals surface area contributed by atoms with Crippen molar-refractivity contribution in [3.05, 3.63) is 60.4 Å². The molecule has 294 valence electrons. The summed E-state index contributed by atoms with van der Waals surface area (Å²) in [6, 6.07) is 8.27. The second kappa shape index (κ2) is 16.6. The highest BCUT2D eigenvalue weighted by molar-refractivity contribution is 7.99. The molecule has 0 saturated carbocycles. The fourth-order valence-electron chi connectivity index (χ4n) is 4.88. The van der Waals surface area contributed by atoms with Gasteiger partial charge < -0.3 is 34.6 Å². The summed E-state index contributed by atoms with van der Waals surface area (Å²) in [5.74, 6) is 0.996. The first kappa shape index (κ1) is 41.6. The number of carbonyl (C=O) groups is 1. The minimum Gasteiger partial charge on any atom is -0.497 e. The molecule has 6 atom stereocenters. The van der Waals surface area contributed by atoms with Crippen molar-refractivity contribution in [3.8, 4) is 5.75 Å². The van der Waals surface area contributed by atoms with Crippen LogP contribution >= 0.6 is 35.0 Å². The van der Waals surface area contributed by atoms with Crippen LogP contribution in [-0.2, 0) is 42.5 Å². The first-order chi connectivity index (χ1) is 25.3. The SMILES string of the molecule is CCCSc1nc(N)c2ncn(C3CC(OC(=O)Nc4cccc(C(F)(F)F)c4)C(COP(=O)(O)OP(=O)(O)OP(=O)(O)c4ccc(OC)cc4)O3)c2n1. The fourth-order valence-corrected chi connectivity index (χ4v) is 9.56. The van der Waals surface area contributed by atoms with Gasteiger partial charge in [0.05, 0.1) is 30.9 Å². The average molecular weight is 843 g/mol. The number of methoxy groups -OCH3 is 1. The lowest BCUT2D eigenvalue weighted by molar-refractivity contribution is -0.137. The van der Waals surface area contributed by atoms with Crippen LogP contribution in [0.5, 0.6) is 5.75 Å². The van der Waals surface area contributed by atoms with Gasteiger partial charge in [0, 0.05) is 17.9 Å². The third kappa shape index (κ3) is 10.6. The highest BCUT2D eigenvalue weighted by Crippen LogP contribution is 2.67. The van der Waals surface area contributed by atoms with Gasteiger partial charge in [0.1, 0.15) is 29.7 Å². The summed E-state index contributed by atoms with van der Waals surface area (Å²) in [4.78, 5) is 56.5. The van der Waals surface area contributed by atoms with Gasteiger partial charge in [0.2, 0.25) is 0 Å². The molecule has 0 bridgehead atoms. The summed E-state index contributed by atoms with van der Waals surface area (Å²) >= 11 is 1.32. The molecule has 0 radical (unpaired) electrons. The molecule has 2 aromatic carbocycles. The minimum absolute atomic E-state index is 0.0527. The number of anilines is 2. The summed E-state index contributed by atoms with van der Waals surface area (Å²) in [5.41, 5.74) is 5.17. The van der Waals surface area contributed by atoms with Crippen LogP contribution in [0.15, 0.2) is 60.0 Å². The van der Waals surface area contributed by atoms with E-state index in [4.69, 9.17) is 24.5 Å². The summed E-state index contributed by atoms with van der Waals surface area (Å²) in [7, 11) is -15.2. The molecular weight excluding hydrogens is 810 g/mol. The number of fused-ring (bicyclic) bond motifs is 1. The number of nitrogen functional groups attached to an aromatic ring is 1. The summed E-state index contributed by atoms with van der Waals surface area (Å²) < 4.78 is 109. The van der Waals surface area contributed by atoms with E-state index in [1.165, 1.54) is 48.0 Å². The van der Waals surface area contributed by atoms with Crippen molar-refractivity contribution < 1.29 is 73.7 Å². The topological polar surface area (TPSA) is 266 Å². The predicted octanol–water partition coefficient (Wildman–Crippen LogP) is 5.60. The van der Waals surface area contributed by atoms with Crippen LogP contribution in [0.3, 0.4) is 0 Å². The van der Waals surface area contributed by atoms with E-state index in [1.54, 1.807) is 0 Å². The van der Waals surface area contributed by atoms with Gasteiger partial charge in [-0.2, -0.15) is 17.5 Å². The van der Waals surface area contributed by atoms with E-state index in [-0.39, 0.29) is 34.8 Å². The van der Waals surface area contributed by atoms with Crippen molar-refractivity contribution in [1.82, 2.24) is 19.5 Å². The molecule has 1 aliphatic rings. The molecule has 6 unspecified atom stereocenters. The number of phosphoric acid groups is 2. The first-order valence-corrected chi connectivity index (χ1v) is 21.0. The van der Waals surface area contributed by atoms with Gasteiger partial charge in [-0.25, -0.2) is 33.2 Å². The lowest BCUT2D eigenvalue weighted by Crippen LogP contribution is -2.32. The largest absolute Gasteiger partial charge is 0.497 e. The molecule has 26 heteroatoms. The van der Waals surface area contributed by atoms with E-state index in [1.807, 2.05) is 6.92 Å². The Kier molecular flexibility index (Phi) is 12.8. The van der Waals surface area contributed by atoms with Crippen molar-refractivity contribution in [1.29, 1.82) is 0 Å².